The van der Waals surface area contributed by atoms with Gasteiger partial charge in [0.25, 0.3) is 0 Å². The molecule has 0 amide bonds. The van der Waals surface area contributed by atoms with Gasteiger partial charge in [-0.15, -0.1) is 0 Å². The summed E-state index contributed by atoms with van der Waals surface area (Å²) in [4.78, 5) is 10.8. The normalized spacial score (nSPS) is 11.3. The number of nitrogens with one attached hydrogen (secondary N) is 1. The fourth-order valence-corrected chi connectivity index (χ4v) is 2.94. The number of ether oxygens (including phenoxy) is 1. The van der Waals surface area contributed by atoms with Crippen LogP contribution in [0, 0.1) is 0 Å². The Morgan fingerprint density at radius 1 is 1.29 bits per heavy atom. The number of carbonyl (C=O) groups is 1. The van der Waals surface area contributed by atoms with Gasteiger partial charge in [0.2, 0.25) is 10.0 Å². The standard InChI is InChI=1S/C13H19NO6S/c1-20-11-9-10(13(16)17)5-6-12(11)21(18,19)14-7-3-2-4-8-15/h5-6,9,14-15H,2-4,7-8H2,1H3,(H,16,17). The summed E-state index contributed by atoms with van der Waals surface area (Å²) in [5.74, 6) is -1.17. The molecule has 0 spiro atoms. The number of hydrogen-bond donors (Lipinski definition) is 3. The van der Waals surface area contributed by atoms with E-state index in [1.165, 1.54) is 25.3 Å². The molecule has 0 aromatic heterocycles. The lowest BCUT2D eigenvalue weighted by Gasteiger charge is -2.11. The predicted octanol–water partition coefficient (Wildman–Crippen LogP) is 0.834. The third-order valence-corrected chi connectivity index (χ3v) is 4.33. The van der Waals surface area contributed by atoms with Gasteiger partial charge in [-0.2, -0.15) is 0 Å². The number of unbranched alkanes of at least 4 members (excludes halogenated alkanes) is 2. The van der Waals surface area contributed by atoms with Crippen LogP contribution in [0.4, 0.5) is 0 Å². The van der Waals surface area contributed by atoms with Crippen molar-refractivity contribution >= 4 is 16.0 Å². The molecule has 0 unspecified atom stereocenters. The lowest BCUT2D eigenvalue weighted by molar-refractivity contribution is 0.0696. The molecule has 0 fully saturated rings. The lowest BCUT2D eigenvalue weighted by atomic mass is 10.2. The van der Waals surface area contributed by atoms with Crippen LogP contribution in [-0.2, 0) is 10.0 Å². The third-order valence-electron chi connectivity index (χ3n) is 2.83. The van der Waals surface area contributed by atoms with E-state index in [-0.39, 0.29) is 29.4 Å². The highest BCUT2D eigenvalue weighted by molar-refractivity contribution is 7.89. The molecule has 0 atom stereocenters. The Bertz CT molecular complexity index is 584. The topological polar surface area (TPSA) is 113 Å². The van der Waals surface area contributed by atoms with Crippen LogP contribution in [0.25, 0.3) is 0 Å². The minimum atomic E-state index is -3.76. The van der Waals surface area contributed by atoms with Crippen LogP contribution in [0.2, 0.25) is 0 Å². The molecule has 21 heavy (non-hydrogen) atoms. The van der Waals surface area contributed by atoms with Crippen molar-refractivity contribution in [2.45, 2.75) is 24.2 Å². The highest BCUT2D eigenvalue weighted by Gasteiger charge is 2.20. The molecular weight excluding hydrogens is 298 g/mol. The average molecular weight is 317 g/mol. The van der Waals surface area contributed by atoms with Gasteiger partial charge in [0.05, 0.1) is 12.7 Å². The first-order valence-corrected chi connectivity index (χ1v) is 7.92. The predicted molar refractivity (Wildman–Crippen MR) is 76.1 cm³/mol. The van der Waals surface area contributed by atoms with E-state index in [2.05, 4.69) is 4.72 Å². The summed E-state index contributed by atoms with van der Waals surface area (Å²) in [6.07, 6.45) is 1.95. The summed E-state index contributed by atoms with van der Waals surface area (Å²) in [7, 11) is -2.48. The number of aliphatic hydroxyl groups is 1. The van der Waals surface area contributed by atoms with Crippen LogP contribution in [0.5, 0.6) is 5.75 Å². The third kappa shape index (κ3) is 5.00. The van der Waals surface area contributed by atoms with Crippen LogP contribution < -0.4 is 9.46 Å². The molecular formula is C13H19NO6S. The Morgan fingerprint density at radius 3 is 2.57 bits per heavy atom. The first-order valence-electron chi connectivity index (χ1n) is 6.44. The summed E-state index contributed by atoms with van der Waals surface area (Å²) < 4.78 is 31.6. The number of carboxylic acids is 1. The largest absolute Gasteiger partial charge is 0.495 e. The van der Waals surface area contributed by atoms with Gasteiger partial charge < -0.3 is 14.9 Å². The van der Waals surface area contributed by atoms with Gasteiger partial charge in [-0.25, -0.2) is 17.9 Å². The van der Waals surface area contributed by atoms with E-state index < -0.39 is 16.0 Å². The smallest absolute Gasteiger partial charge is 0.335 e. The van der Waals surface area contributed by atoms with Gasteiger partial charge in [0.15, 0.2) is 0 Å². The second kappa shape index (κ2) is 7.96. The van der Waals surface area contributed by atoms with Crippen molar-refractivity contribution in [3.63, 3.8) is 0 Å². The molecule has 0 bridgehead atoms. The van der Waals surface area contributed by atoms with Crippen LogP contribution in [0.15, 0.2) is 23.1 Å². The first-order chi connectivity index (χ1) is 9.92. The van der Waals surface area contributed by atoms with E-state index in [0.29, 0.717) is 19.3 Å². The molecule has 0 aliphatic carbocycles. The molecule has 0 aliphatic heterocycles. The van der Waals surface area contributed by atoms with Crippen molar-refractivity contribution in [2.75, 3.05) is 20.3 Å². The van der Waals surface area contributed by atoms with E-state index >= 15 is 0 Å². The summed E-state index contributed by atoms with van der Waals surface area (Å²) in [5, 5.41) is 17.5. The Balaban J connectivity index is 2.85. The number of methoxy groups -OCH3 is 1. The second-order valence-electron chi connectivity index (χ2n) is 4.35. The number of sulfonamides is 1. The van der Waals surface area contributed by atoms with E-state index in [9.17, 15) is 13.2 Å². The zero-order chi connectivity index (χ0) is 15.9. The maximum absolute atomic E-state index is 12.1. The Labute approximate surface area is 123 Å². The Hall–Kier alpha value is -1.64. The molecule has 7 nitrogen and oxygen atoms in total. The quantitative estimate of drug-likeness (QED) is 0.582. The van der Waals surface area contributed by atoms with Crippen molar-refractivity contribution in [3.8, 4) is 5.75 Å². The summed E-state index contributed by atoms with van der Waals surface area (Å²) in [5.41, 5.74) is -0.0475. The van der Waals surface area contributed by atoms with E-state index in [1.54, 1.807) is 0 Å². The first kappa shape index (κ1) is 17.4. The van der Waals surface area contributed by atoms with Crippen molar-refractivity contribution in [1.29, 1.82) is 0 Å². The van der Waals surface area contributed by atoms with Gasteiger partial charge in [0, 0.05) is 13.2 Å². The van der Waals surface area contributed by atoms with Gasteiger partial charge in [-0.1, -0.05) is 0 Å². The van der Waals surface area contributed by atoms with Crippen LogP contribution in [0.3, 0.4) is 0 Å². The number of hydrogen-bond acceptors (Lipinski definition) is 5. The molecule has 0 saturated heterocycles. The minimum Gasteiger partial charge on any atom is -0.495 e. The monoisotopic (exact) mass is 317 g/mol. The fourth-order valence-electron chi connectivity index (χ4n) is 1.72. The second-order valence-corrected chi connectivity index (χ2v) is 6.09. The SMILES string of the molecule is COc1cc(C(=O)O)ccc1S(=O)(=O)NCCCCCO. The average Bonchev–Trinajstić information content (AvgIpc) is 2.46. The molecule has 1 aromatic carbocycles. The molecule has 1 aromatic rings. The molecule has 118 valence electrons. The number of rotatable bonds is 9. The molecule has 0 aliphatic rings. The van der Waals surface area contributed by atoms with Gasteiger partial charge >= 0.3 is 5.97 Å². The van der Waals surface area contributed by atoms with E-state index in [0.717, 1.165) is 0 Å². The Morgan fingerprint density at radius 2 is 2.00 bits per heavy atom. The zero-order valence-electron chi connectivity index (χ0n) is 11.7. The van der Waals surface area contributed by atoms with E-state index in [4.69, 9.17) is 14.9 Å². The van der Waals surface area contributed by atoms with Crippen molar-refractivity contribution in [2.24, 2.45) is 0 Å². The van der Waals surface area contributed by atoms with Crippen molar-refractivity contribution in [3.05, 3.63) is 23.8 Å². The van der Waals surface area contributed by atoms with Gasteiger partial charge in [0.1, 0.15) is 10.6 Å². The molecule has 8 heteroatoms. The summed E-state index contributed by atoms with van der Waals surface area (Å²) in [6, 6.07) is 3.59. The van der Waals surface area contributed by atoms with E-state index in [1.807, 2.05) is 0 Å². The van der Waals surface area contributed by atoms with Crippen LogP contribution in [0.1, 0.15) is 29.6 Å². The maximum atomic E-state index is 12.1. The maximum Gasteiger partial charge on any atom is 0.335 e. The number of benzene rings is 1. The number of carboxylic acid groups (broad SMARTS) is 1. The lowest BCUT2D eigenvalue weighted by Crippen LogP contribution is -2.25. The minimum absolute atomic E-state index is 0.0160. The molecule has 0 saturated carbocycles. The Kier molecular flexibility index (Phi) is 6.60. The van der Waals surface area contributed by atoms with Crippen LogP contribution in [-0.4, -0.2) is 44.9 Å². The zero-order valence-corrected chi connectivity index (χ0v) is 12.5. The number of aromatic carboxylic acids is 1. The molecule has 0 heterocycles. The highest BCUT2D eigenvalue weighted by Crippen LogP contribution is 2.24. The number of aliphatic hydroxyl groups excluding tert-OH is 1. The molecule has 0 radical (unpaired) electrons. The molecule has 3 N–H and O–H groups in total. The summed E-state index contributed by atoms with van der Waals surface area (Å²) >= 11 is 0. The van der Waals surface area contributed by atoms with Crippen molar-refractivity contribution < 1.29 is 28.2 Å². The van der Waals surface area contributed by atoms with Crippen molar-refractivity contribution in [1.82, 2.24) is 4.72 Å². The fraction of sp³-hybridized carbons (Fsp3) is 0.462. The van der Waals surface area contributed by atoms with Crippen LogP contribution >= 0.6 is 0 Å². The van der Waals surface area contributed by atoms with Gasteiger partial charge in [-0.3, -0.25) is 0 Å². The highest BCUT2D eigenvalue weighted by atomic mass is 32.2. The molecule has 1 rings (SSSR count). The summed E-state index contributed by atoms with van der Waals surface area (Å²) in [6.45, 7) is 0.323. The van der Waals surface area contributed by atoms with Gasteiger partial charge in [-0.05, 0) is 37.5 Å².